The van der Waals surface area contributed by atoms with Gasteiger partial charge >= 0.3 is 0 Å². The zero-order valence-corrected chi connectivity index (χ0v) is 19.8. The predicted octanol–water partition coefficient (Wildman–Crippen LogP) is 3.79. The lowest BCUT2D eigenvalue weighted by atomic mass is 9.87. The summed E-state index contributed by atoms with van der Waals surface area (Å²) >= 11 is 0. The maximum absolute atomic E-state index is 6.52. The zero-order chi connectivity index (χ0) is 22.5. The molecule has 3 heterocycles. The Kier molecular flexibility index (Phi) is 7.34. The molecule has 1 N–H and O–H groups in total. The van der Waals surface area contributed by atoms with E-state index in [1.165, 1.54) is 42.0 Å². The molecule has 0 bridgehead atoms. The first-order chi connectivity index (χ1) is 16.3. The summed E-state index contributed by atoms with van der Waals surface area (Å²) in [6, 6.07) is 15.7. The van der Waals surface area contributed by atoms with Crippen molar-refractivity contribution in [2.75, 3.05) is 69.4 Å². The van der Waals surface area contributed by atoms with Gasteiger partial charge in [0.05, 0.1) is 24.9 Å². The number of rotatable bonds is 9. The van der Waals surface area contributed by atoms with Gasteiger partial charge in [-0.1, -0.05) is 18.2 Å². The Hall–Kier alpha value is -2.28. The molecular weight excluding hydrogens is 414 g/mol. The van der Waals surface area contributed by atoms with Gasteiger partial charge in [0.1, 0.15) is 12.4 Å². The highest BCUT2D eigenvalue weighted by atomic mass is 16.5. The molecule has 3 aliphatic rings. The maximum Gasteiger partial charge on any atom is 0.142 e. The smallest absolute Gasteiger partial charge is 0.142 e. The van der Waals surface area contributed by atoms with Crippen LogP contribution in [0.5, 0.6) is 5.75 Å². The van der Waals surface area contributed by atoms with Crippen molar-refractivity contribution in [3.8, 4) is 5.75 Å². The predicted molar refractivity (Wildman–Crippen MR) is 133 cm³/mol. The SMILES string of the molecule is COCCCN1CCOc2ccc(COC3CNCCC3c3ccc(N4CCC4)cc3)cc21. The number of methoxy groups -OCH3 is 1. The Labute approximate surface area is 197 Å². The topological polar surface area (TPSA) is 46.2 Å². The molecule has 3 aliphatic heterocycles. The summed E-state index contributed by atoms with van der Waals surface area (Å²) in [5.41, 5.74) is 5.13. The third-order valence-corrected chi connectivity index (χ3v) is 7.19. The highest BCUT2D eigenvalue weighted by Gasteiger charge is 2.28. The minimum Gasteiger partial charge on any atom is -0.490 e. The molecule has 2 atom stereocenters. The van der Waals surface area contributed by atoms with Gasteiger partial charge in [-0.05, 0) is 61.2 Å². The monoisotopic (exact) mass is 451 g/mol. The highest BCUT2D eigenvalue weighted by molar-refractivity contribution is 5.61. The quantitative estimate of drug-likeness (QED) is 0.586. The van der Waals surface area contributed by atoms with E-state index in [9.17, 15) is 0 Å². The summed E-state index contributed by atoms with van der Waals surface area (Å²) in [5.74, 6) is 1.41. The van der Waals surface area contributed by atoms with Gasteiger partial charge in [-0.2, -0.15) is 0 Å². The van der Waals surface area contributed by atoms with E-state index in [0.29, 0.717) is 12.5 Å². The van der Waals surface area contributed by atoms with Gasteiger partial charge in [0, 0.05) is 51.5 Å². The van der Waals surface area contributed by atoms with Crippen molar-refractivity contribution in [2.45, 2.75) is 37.9 Å². The van der Waals surface area contributed by atoms with Crippen LogP contribution in [0.15, 0.2) is 42.5 Å². The number of nitrogens with zero attached hydrogens (tertiary/aromatic N) is 2. The van der Waals surface area contributed by atoms with Gasteiger partial charge in [0.2, 0.25) is 0 Å². The fourth-order valence-corrected chi connectivity index (χ4v) is 5.14. The molecular formula is C27H37N3O3. The van der Waals surface area contributed by atoms with E-state index < -0.39 is 0 Å². The van der Waals surface area contributed by atoms with Crippen molar-refractivity contribution in [1.82, 2.24) is 5.32 Å². The maximum atomic E-state index is 6.52. The van der Waals surface area contributed by atoms with Crippen LogP contribution < -0.4 is 19.9 Å². The van der Waals surface area contributed by atoms with Crippen molar-refractivity contribution in [1.29, 1.82) is 0 Å². The van der Waals surface area contributed by atoms with Gasteiger partial charge in [-0.15, -0.1) is 0 Å². The minimum atomic E-state index is 0.179. The standard InChI is InChI=1S/C27H37N3O3/c1-31-16-3-14-30-15-17-32-26-9-4-21(18-25(26)30)20-33-27-19-28-11-10-24(27)22-5-7-23(8-6-22)29-12-2-13-29/h4-9,18,24,27-28H,2-3,10-17,19-20H2,1H3. The molecule has 0 aliphatic carbocycles. The average Bonchev–Trinajstić information content (AvgIpc) is 2.83. The van der Waals surface area contributed by atoms with Crippen LogP contribution in [0.2, 0.25) is 0 Å². The van der Waals surface area contributed by atoms with Crippen LogP contribution in [-0.4, -0.2) is 65.7 Å². The Bertz CT molecular complexity index is 900. The van der Waals surface area contributed by atoms with E-state index in [4.69, 9.17) is 14.2 Å². The lowest BCUT2D eigenvalue weighted by Gasteiger charge is -2.35. The summed E-state index contributed by atoms with van der Waals surface area (Å²) in [4.78, 5) is 4.85. The normalized spacial score (nSPS) is 22.5. The first-order valence-electron chi connectivity index (χ1n) is 12.5. The number of fused-ring (bicyclic) bond motifs is 1. The molecule has 2 saturated heterocycles. The summed E-state index contributed by atoms with van der Waals surface area (Å²) in [6.45, 7) is 8.36. The molecule has 2 aromatic carbocycles. The Morgan fingerprint density at radius 3 is 2.76 bits per heavy atom. The van der Waals surface area contributed by atoms with E-state index in [0.717, 1.165) is 58.0 Å². The lowest BCUT2D eigenvalue weighted by Crippen LogP contribution is -2.41. The molecule has 33 heavy (non-hydrogen) atoms. The van der Waals surface area contributed by atoms with E-state index in [1.807, 2.05) is 0 Å². The van der Waals surface area contributed by atoms with Gasteiger partial charge in [0.15, 0.2) is 0 Å². The number of ether oxygens (including phenoxy) is 3. The Morgan fingerprint density at radius 1 is 1.09 bits per heavy atom. The minimum absolute atomic E-state index is 0.179. The third kappa shape index (κ3) is 5.29. The number of hydrogen-bond donors (Lipinski definition) is 1. The van der Waals surface area contributed by atoms with Crippen molar-refractivity contribution in [3.63, 3.8) is 0 Å². The Balaban J connectivity index is 1.23. The van der Waals surface area contributed by atoms with Gasteiger partial charge in [-0.25, -0.2) is 0 Å². The molecule has 6 heteroatoms. The molecule has 5 rings (SSSR count). The molecule has 2 fully saturated rings. The first-order valence-corrected chi connectivity index (χ1v) is 12.5. The van der Waals surface area contributed by atoms with Gasteiger partial charge in [-0.3, -0.25) is 0 Å². The number of piperidine rings is 1. The van der Waals surface area contributed by atoms with Gasteiger partial charge in [0.25, 0.3) is 0 Å². The van der Waals surface area contributed by atoms with E-state index in [2.05, 4.69) is 57.6 Å². The van der Waals surface area contributed by atoms with Crippen molar-refractivity contribution in [2.24, 2.45) is 0 Å². The van der Waals surface area contributed by atoms with Gasteiger partial charge < -0.3 is 29.3 Å². The largest absolute Gasteiger partial charge is 0.490 e. The molecule has 2 aromatic rings. The third-order valence-electron chi connectivity index (χ3n) is 7.19. The number of benzene rings is 2. The fourth-order valence-electron chi connectivity index (χ4n) is 5.14. The molecule has 0 amide bonds. The second-order valence-corrected chi connectivity index (χ2v) is 9.36. The van der Waals surface area contributed by atoms with Crippen LogP contribution >= 0.6 is 0 Å². The fraction of sp³-hybridized carbons (Fsp3) is 0.556. The van der Waals surface area contributed by atoms with Crippen molar-refractivity contribution < 1.29 is 14.2 Å². The van der Waals surface area contributed by atoms with Crippen LogP contribution in [0.25, 0.3) is 0 Å². The average molecular weight is 452 g/mol. The molecule has 2 unspecified atom stereocenters. The van der Waals surface area contributed by atoms with Crippen LogP contribution in [0, 0.1) is 0 Å². The molecule has 178 valence electrons. The molecule has 0 spiro atoms. The van der Waals surface area contributed by atoms with E-state index >= 15 is 0 Å². The lowest BCUT2D eigenvalue weighted by molar-refractivity contribution is 0.0106. The summed E-state index contributed by atoms with van der Waals surface area (Å²) in [5, 5.41) is 3.53. The number of hydrogen-bond acceptors (Lipinski definition) is 6. The molecule has 0 radical (unpaired) electrons. The van der Waals surface area contributed by atoms with E-state index in [-0.39, 0.29) is 6.10 Å². The van der Waals surface area contributed by atoms with Crippen LogP contribution in [0.4, 0.5) is 11.4 Å². The molecule has 6 nitrogen and oxygen atoms in total. The Morgan fingerprint density at radius 2 is 1.97 bits per heavy atom. The number of anilines is 2. The van der Waals surface area contributed by atoms with Crippen LogP contribution in [0.3, 0.4) is 0 Å². The number of nitrogens with one attached hydrogen (secondary N) is 1. The highest BCUT2D eigenvalue weighted by Crippen LogP contribution is 2.34. The van der Waals surface area contributed by atoms with Crippen LogP contribution in [0.1, 0.15) is 36.3 Å². The second kappa shape index (κ2) is 10.8. The molecule has 0 saturated carbocycles. The second-order valence-electron chi connectivity index (χ2n) is 9.36. The summed E-state index contributed by atoms with van der Waals surface area (Å²) < 4.78 is 17.7. The molecule has 0 aromatic heterocycles. The zero-order valence-electron chi connectivity index (χ0n) is 19.8. The van der Waals surface area contributed by atoms with Crippen LogP contribution in [-0.2, 0) is 16.1 Å². The van der Waals surface area contributed by atoms with Crippen molar-refractivity contribution in [3.05, 3.63) is 53.6 Å². The first kappa shape index (κ1) is 22.5. The summed E-state index contributed by atoms with van der Waals surface area (Å²) in [7, 11) is 1.76. The van der Waals surface area contributed by atoms with E-state index in [1.54, 1.807) is 7.11 Å². The summed E-state index contributed by atoms with van der Waals surface area (Å²) in [6.07, 6.45) is 3.62. The van der Waals surface area contributed by atoms with Crippen molar-refractivity contribution >= 4 is 11.4 Å².